The smallest absolute Gasteiger partial charge is 0.261 e. The lowest BCUT2D eigenvalue weighted by atomic mass is 10.2. The minimum Gasteiger partial charge on any atom is -0.409 e. The first-order chi connectivity index (χ1) is 9.15. The van der Waals surface area contributed by atoms with E-state index in [1.807, 2.05) is 37.3 Å². The van der Waals surface area contributed by atoms with Crippen LogP contribution in [0.3, 0.4) is 0 Å². The Morgan fingerprint density at radius 2 is 2.26 bits per heavy atom. The summed E-state index contributed by atoms with van der Waals surface area (Å²) in [5.74, 6) is -0.198. The summed E-state index contributed by atoms with van der Waals surface area (Å²) in [4.78, 5) is 12.7. The molecule has 100 valence electrons. The molecule has 1 unspecified atom stereocenters. The minimum absolute atomic E-state index is 0.0111. The number of benzene rings is 1. The maximum atomic E-state index is 12.1. The number of oxime groups is 1. The molecule has 0 spiro atoms. The van der Waals surface area contributed by atoms with E-state index in [0.717, 1.165) is 10.1 Å². The van der Waals surface area contributed by atoms with Gasteiger partial charge in [0.25, 0.3) is 5.91 Å². The van der Waals surface area contributed by atoms with E-state index >= 15 is 0 Å². The van der Waals surface area contributed by atoms with Gasteiger partial charge in [0.1, 0.15) is 0 Å². The number of amides is 1. The first-order valence-electron chi connectivity index (χ1n) is 5.92. The number of carbonyl (C=O) groups is 1. The van der Waals surface area contributed by atoms with Crippen LogP contribution in [-0.4, -0.2) is 23.0 Å². The van der Waals surface area contributed by atoms with Crippen molar-refractivity contribution in [1.29, 1.82) is 0 Å². The van der Waals surface area contributed by atoms with E-state index in [4.69, 9.17) is 10.9 Å². The second-order valence-electron chi connectivity index (χ2n) is 4.11. The Bertz CT molecular complexity index is 588. The molecule has 1 heterocycles. The molecule has 0 aliphatic rings. The van der Waals surface area contributed by atoms with Crippen LogP contribution in [0.15, 0.2) is 35.5 Å². The third kappa shape index (κ3) is 2.85. The van der Waals surface area contributed by atoms with Crippen LogP contribution in [0.25, 0.3) is 10.1 Å². The fourth-order valence-corrected chi connectivity index (χ4v) is 2.74. The van der Waals surface area contributed by atoms with Crippen molar-refractivity contribution >= 4 is 33.2 Å². The van der Waals surface area contributed by atoms with E-state index in [2.05, 4.69) is 10.5 Å². The average Bonchev–Trinajstić information content (AvgIpc) is 2.87. The lowest BCUT2D eigenvalue weighted by Crippen LogP contribution is -2.43. The molecular weight excluding hydrogens is 262 g/mol. The molecule has 2 aromatic rings. The number of fused-ring (bicyclic) bond motifs is 1. The van der Waals surface area contributed by atoms with Gasteiger partial charge in [-0.1, -0.05) is 30.3 Å². The Morgan fingerprint density at radius 1 is 1.53 bits per heavy atom. The molecule has 1 aromatic carbocycles. The van der Waals surface area contributed by atoms with Crippen LogP contribution >= 0.6 is 11.3 Å². The summed E-state index contributed by atoms with van der Waals surface area (Å²) in [7, 11) is 0. The van der Waals surface area contributed by atoms with Crippen molar-refractivity contribution in [2.75, 3.05) is 0 Å². The van der Waals surface area contributed by atoms with E-state index < -0.39 is 6.04 Å². The van der Waals surface area contributed by atoms with Crippen LogP contribution in [-0.2, 0) is 0 Å². The summed E-state index contributed by atoms with van der Waals surface area (Å²) in [5, 5.41) is 15.4. The van der Waals surface area contributed by atoms with Crippen LogP contribution in [0.5, 0.6) is 0 Å². The van der Waals surface area contributed by atoms with Gasteiger partial charge < -0.3 is 16.3 Å². The Balaban J connectivity index is 2.19. The van der Waals surface area contributed by atoms with Crippen LogP contribution in [0.1, 0.15) is 23.0 Å². The van der Waals surface area contributed by atoms with Crippen molar-refractivity contribution in [2.24, 2.45) is 10.9 Å². The molecular formula is C13H15N3O2S. The van der Waals surface area contributed by atoms with Crippen LogP contribution in [0.4, 0.5) is 0 Å². The lowest BCUT2D eigenvalue weighted by molar-refractivity contribution is 0.0949. The molecule has 1 atom stereocenters. The van der Waals surface area contributed by atoms with E-state index in [1.165, 1.54) is 11.3 Å². The van der Waals surface area contributed by atoms with Crippen LogP contribution in [0, 0.1) is 0 Å². The molecule has 4 N–H and O–H groups in total. The third-order valence-electron chi connectivity index (χ3n) is 2.84. The van der Waals surface area contributed by atoms with Crippen LogP contribution < -0.4 is 11.1 Å². The molecule has 2 rings (SSSR count). The highest BCUT2D eigenvalue weighted by molar-refractivity contribution is 7.20. The van der Waals surface area contributed by atoms with Gasteiger partial charge in [0.15, 0.2) is 5.84 Å². The van der Waals surface area contributed by atoms with Crippen molar-refractivity contribution < 1.29 is 10.0 Å². The number of hydrogen-bond donors (Lipinski definition) is 3. The second kappa shape index (κ2) is 5.71. The van der Waals surface area contributed by atoms with Crippen molar-refractivity contribution in [3.63, 3.8) is 0 Å². The first-order valence-corrected chi connectivity index (χ1v) is 6.74. The van der Waals surface area contributed by atoms with Gasteiger partial charge in [0.2, 0.25) is 0 Å². The molecule has 0 saturated carbocycles. The summed E-state index contributed by atoms with van der Waals surface area (Å²) in [5.41, 5.74) is 5.52. The molecule has 0 aliphatic heterocycles. The standard InChI is InChI=1S/C13H15N3O2S/c1-2-9(12(14)16-18)15-13(17)11-7-8-5-3-4-6-10(8)19-11/h3-7,9,18H,2H2,1H3,(H2,14,16)(H,15,17). The van der Waals surface area contributed by atoms with Crippen LogP contribution in [0.2, 0.25) is 0 Å². The van der Waals surface area contributed by atoms with Gasteiger partial charge in [-0.3, -0.25) is 4.79 Å². The fourth-order valence-electron chi connectivity index (χ4n) is 1.78. The zero-order chi connectivity index (χ0) is 13.8. The van der Waals surface area contributed by atoms with Crippen molar-refractivity contribution in [3.8, 4) is 0 Å². The molecule has 5 nitrogen and oxygen atoms in total. The maximum absolute atomic E-state index is 12.1. The maximum Gasteiger partial charge on any atom is 0.261 e. The summed E-state index contributed by atoms with van der Waals surface area (Å²) in [6.45, 7) is 1.86. The molecule has 0 fully saturated rings. The van der Waals surface area contributed by atoms with Crippen molar-refractivity contribution in [2.45, 2.75) is 19.4 Å². The first kappa shape index (κ1) is 13.4. The molecule has 0 saturated heterocycles. The van der Waals surface area contributed by atoms with Gasteiger partial charge in [-0.05, 0) is 23.9 Å². The van der Waals surface area contributed by atoms with E-state index in [0.29, 0.717) is 11.3 Å². The number of thiophene rings is 1. The van der Waals surface area contributed by atoms with Gasteiger partial charge in [-0.15, -0.1) is 11.3 Å². The summed E-state index contributed by atoms with van der Waals surface area (Å²) in [6.07, 6.45) is 0.562. The quantitative estimate of drug-likeness (QED) is 0.346. The van der Waals surface area contributed by atoms with E-state index in [9.17, 15) is 4.79 Å². The SMILES string of the molecule is CCC(NC(=O)c1cc2ccccc2s1)/C(N)=N/O. The molecule has 1 amide bonds. The summed E-state index contributed by atoms with van der Waals surface area (Å²) >= 11 is 1.42. The highest BCUT2D eigenvalue weighted by Gasteiger charge is 2.17. The Hall–Kier alpha value is -2.08. The molecule has 0 bridgehead atoms. The molecule has 0 radical (unpaired) electrons. The minimum atomic E-state index is -0.456. The molecule has 19 heavy (non-hydrogen) atoms. The fraction of sp³-hybridized carbons (Fsp3) is 0.231. The predicted molar refractivity (Wildman–Crippen MR) is 76.8 cm³/mol. The van der Waals surface area contributed by atoms with Gasteiger partial charge >= 0.3 is 0 Å². The molecule has 6 heteroatoms. The average molecular weight is 277 g/mol. The number of rotatable bonds is 4. The number of nitrogens with two attached hydrogens (primary N) is 1. The normalized spacial score (nSPS) is 13.4. The number of amidine groups is 1. The van der Waals surface area contributed by atoms with Crippen molar-refractivity contribution in [3.05, 3.63) is 35.2 Å². The van der Waals surface area contributed by atoms with Gasteiger partial charge in [-0.2, -0.15) is 0 Å². The predicted octanol–water partition coefficient (Wildman–Crippen LogP) is 2.16. The number of nitrogens with one attached hydrogen (secondary N) is 1. The Morgan fingerprint density at radius 3 is 2.89 bits per heavy atom. The largest absolute Gasteiger partial charge is 0.409 e. The number of hydrogen-bond acceptors (Lipinski definition) is 4. The zero-order valence-electron chi connectivity index (χ0n) is 10.5. The Labute approximate surface area is 114 Å². The number of carbonyl (C=O) groups excluding carboxylic acids is 1. The third-order valence-corrected chi connectivity index (χ3v) is 3.95. The zero-order valence-corrected chi connectivity index (χ0v) is 11.3. The Kier molecular flexibility index (Phi) is 4.01. The molecule has 0 aliphatic carbocycles. The van der Waals surface area contributed by atoms with Gasteiger partial charge in [0, 0.05) is 4.70 Å². The summed E-state index contributed by atoms with van der Waals surface area (Å²) in [6, 6.07) is 9.19. The topological polar surface area (TPSA) is 87.7 Å². The second-order valence-corrected chi connectivity index (χ2v) is 5.19. The summed E-state index contributed by atoms with van der Waals surface area (Å²) < 4.78 is 1.06. The lowest BCUT2D eigenvalue weighted by Gasteiger charge is -2.14. The van der Waals surface area contributed by atoms with E-state index in [1.54, 1.807) is 0 Å². The highest BCUT2D eigenvalue weighted by Crippen LogP contribution is 2.25. The molecule has 1 aromatic heterocycles. The van der Waals surface area contributed by atoms with Gasteiger partial charge in [0.05, 0.1) is 10.9 Å². The van der Waals surface area contributed by atoms with Gasteiger partial charge in [-0.25, -0.2) is 0 Å². The van der Waals surface area contributed by atoms with Crippen molar-refractivity contribution in [1.82, 2.24) is 5.32 Å². The number of nitrogens with zero attached hydrogens (tertiary/aromatic N) is 1. The van der Waals surface area contributed by atoms with E-state index in [-0.39, 0.29) is 11.7 Å². The monoisotopic (exact) mass is 277 g/mol. The highest BCUT2D eigenvalue weighted by atomic mass is 32.1.